The molecule has 3 aromatic rings. The van der Waals surface area contributed by atoms with Crippen LogP contribution in [0.2, 0.25) is 0 Å². The van der Waals surface area contributed by atoms with Crippen LogP contribution in [0, 0.1) is 0 Å². The molecule has 4 rings (SSSR count). The fourth-order valence-corrected chi connectivity index (χ4v) is 5.43. The van der Waals surface area contributed by atoms with E-state index in [0.717, 1.165) is 10.5 Å². The number of carbonyl (C=O) groups excluding carboxylic acids is 1. The Bertz CT molecular complexity index is 1470. The fourth-order valence-electron chi connectivity index (χ4n) is 3.99. The lowest BCUT2D eigenvalue weighted by molar-refractivity contribution is -0.139. The van der Waals surface area contributed by atoms with E-state index in [1.807, 2.05) is 36.6 Å². The summed E-state index contributed by atoms with van der Waals surface area (Å²) in [7, 11) is 3.16. The maximum absolute atomic E-state index is 13.7. The van der Waals surface area contributed by atoms with Gasteiger partial charge in [-0.3, -0.25) is 9.36 Å². The zero-order valence-electron chi connectivity index (χ0n) is 20.2. The minimum Gasteiger partial charge on any atom is -0.497 e. The number of rotatable bonds is 7. The number of thioether (sulfide) groups is 1. The summed E-state index contributed by atoms with van der Waals surface area (Å²) in [5.41, 5.74) is 2.17. The topological polar surface area (TPSA) is 79.1 Å². The zero-order valence-corrected chi connectivity index (χ0v) is 21.8. The number of esters is 1. The summed E-state index contributed by atoms with van der Waals surface area (Å²) in [6, 6.07) is 12.6. The Hall–Kier alpha value is -3.30. The maximum atomic E-state index is 13.7. The zero-order chi connectivity index (χ0) is 25.1. The van der Waals surface area contributed by atoms with Crippen molar-refractivity contribution in [1.29, 1.82) is 0 Å². The highest BCUT2D eigenvalue weighted by atomic mass is 32.2. The second-order valence-electron chi connectivity index (χ2n) is 7.68. The number of benzene rings is 2. The number of methoxy groups -OCH3 is 2. The van der Waals surface area contributed by atoms with Gasteiger partial charge in [-0.05, 0) is 62.1 Å². The van der Waals surface area contributed by atoms with Gasteiger partial charge in [0.05, 0.1) is 42.7 Å². The molecule has 0 radical (unpaired) electrons. The van der Waals surface area contributed by atoms with Gasteiger partial charge >= 0.3 is 5.97 Å². The molecule has 0 saturated carbocycles. The SMILES string of the molecule is CCOC(=O)C1=C(C)N=c2sc(=Cc3cc(OC)ccc3OC)c(=O)n2[C@H]1c1ccc(SC)cc1. The lowest BCUT2D eigenvalue weighted by Crippen LogP contribution is -2.39. The van der Waals surface area contributed by atoms with Crippen molar-refractivity contribution in [3.63, 3.8) is 0 Å². The van der Waals surface area contributed by atoms with Crippen molar-refractivity contribution in [3.05, 3.63) is 84.5 Å². The van der Waals surface area contributed by atoms with Crippen LogP contribution in [0.3, 0.4) is 0 Å². The van der Waals surface area contributed by atoms with E-state index in [9.17, 15) is 9.59 Å². The van der Waals surface area contributed by atoms with Gasteiger partial charge in [-0.15, -0.1) is 11.8 Å². The highest BCUT2D eigenvalue weighted by Crippen LogP contribution is 2.32. The molecule has 0 N–H and O–H groups in total. The molecule has 35 heavy (non-hydrogen) atoms. The van der Waals surface area contributed by atoms with Crippen LogP contribution in [0.1, 0.15) is 31.0 Å². The molecule has 182 valence electrons. The monoisotopic (exact) mass is 510 g/mol. The molecule has 1 aliphatic heterocycles. The molecule has 0 spiro atoms. The van der Waals surface area contributed by atoms with E-state index >= 15 is 0 Å². The van der Waals surface area contributed by atoms with Gasteiger partial charge in [0.15, 0.2) is 4.80 Å². The Kier molecular flexibility index (Phi) is 7.47. The van der Waals surface area contributed by atoms with Crippen molar-refractivity contribution in [2.45, 2.75) is 24.8 Å². The quantitative estimate of drug-likeness (QED) is 0.357. The van der Waals surface area contributed by atoms with Gasteiger partial charge in [0, 0.05) is 10.5 Å². The maximum Gasteiger partial charge on any atom is 0.338 e. The van der Waals surface area contributed by atoms with E-state index in [1.54, 1.807) is 62.6 Å². The van der Waals surface area contributed by atoms with E-state index in [2.05, 4.69) is 4.99 Å². The third-order valence-corrected chi connectivity index (χ3v) is 7.40. The number of hydrogen-bond donors (Lipinski definition) is 0. The first-order valence-corrected chi connectivity index (χ1v) is 13.0. The van der Waals surface area contributed by atoms with Crippen LogP contribution in [0.4, 0.5) is 0 Å². The Balaban J connectivity index is 1.95. The van der Waals surface area contributed by atoms with Crippen LogP contribution < -0.4 is 24.4 Å². The van der Waals surface area contributed by atoms with Gasteiger partial charge in [0.25, 0.3) is 5.56 Å². The molecule has 9 heteroatoms. The molecule has 0 fully saturated rings. The summed E-state index contributed by atoms with van der Waals surface area (Å²) < 4.78 is 18.2. The van der Waals surface area contributed by atoms with Gasteiger partial charge < -0.3 is 14.2 Å². The molecule has 2 aromatic carbocycles. The van der Waals surface area contributed by atoms with Gasteiger partial charge in [-0.25, -0.2) is 9.79 Å². The average molecular weight is 511 g/mol. The number of hydrogen-bond acceptors (Lipinski definition) is 8. The second-order valence-corrected chi connectivity index (χ2v) is 9.57. The van der Waals surface area contributed by atoms with Crippen LogP contribution >= 0.6 is 23.1 Å². The van der Waals surface area contributed by atoms with E-state index in [-0.39, 0.29) is 12.2 Å². The molecule has 7 nitrogen and oxygen atoms in total. The number of thiazole rings is 1. The molecule has 1 aromatic heterocycles. The number of allylic oxidation sites excluding steroid dienone is 1. The summed E-state index contributed by atoms with van der Waals surface area (Å²) in [5, 5.41) is 0. The molecular weight excluding hydrogens is 484 g/mol. The van der Waals surface area contributed by atoms with E-state index in [1.165, 1.54) is 11.3 Å². The largest absolute Gasteiger partial charge is 0.497 e. The van der Waals surface area contributed by atoms with Gasteiger partial charge in [0.2, 0.25) is 0 Å². The molecule has 0 saturated heterocycles. The van der Waals surface area contributed by atoms with E-state index in [0.29, 0.717) is 37.7 Å². The molecule has 0 aliphatic carbocycles. The van der Waals surface area contributed by atoms with Gasteiger partial charge in [-0.1, -0.05) is 23.5 Å². The lowest BCUT2D eigenvalue weighted by atomic mass is 9.96. The van der Waals surface area contributed by atoms with Crippen molar-refractivity contribution in [2.24, 2.45) is 4.99 Å². The fraction of sp³-hybridized carbons (Fsp3) is 0.269. The second kappa shape index (κ2) is 10.5. The Labute approximate surface area is 211 Å². The highest BCUT2D eigenvalue weighted by Gasteiger charge is 2.33. The Morgan fingerprint density at radius 2 is 1.91 bits per heavy atom. The smallest absolute Gasteiger partial charge is 0.338 e. The Morgan fingerprint density at radius 1 is 1.17 bits per heavy atom. The average Bonchev–Trinajstić information content (AvgIpc) is 3.17. The summed E-state index contributed by atoms with van der Waals surface area (Å²) in [5.74, 6) is 0.790. The van der Waals surface area contributed by atoms with E-state index in [4.69, 9.17) is 14.2 Å². The molecule has 1 aliphatic rings. The lowest BCUT2D eigenvalue weighted by Gasteiger charge is -2.24. The number of ether oxygens (including phenoxy) is 3. The van der Waals surface area contributed by atoms with Gasteiger partial charge in [0.1, 0.15) is 11.5 Å². The first kappa shape index (κ1) is 24.8. The summed E-state index contributed by atoms with van der Waals surface area (Å²) in [6.45, 7) is 3.76. The van der Waals surface area contributed by atoms with Crippen molar-refractivity contribution in [3.8, 4) is 11.5 Å². The third-order valence-electron chi connectivity index (χ3n) is 5.67. The molecular formula is C26H26N2O5S2. The predicted octanol–water partition coefficient (Wildman–Crippen LogP) is 3.54. The molecule has 1 atom stereocenters. The highest BCUT2D eigenvalue weighted by molar-refractivity contribution is 7.98. The van der Waals surface area contributed by atoms with E-state index < -0.39 is 12.0 Å². The normalized spacial score (nSPS) is 15.5. The minimum atomic E-state index is -0.643. The number of fused-ring (bicyclic) bond motifs is 1. The predicted molar refractivity (Wildman–Crippen MR) is 138 cm³/mol. The first-order chi connectivity index (χ1) is 16.9. The van der Waals surface area contributed by atoms with Crippen LogP contribution in [-0.2, 0) is 9.53 Å². The van der Waals surface area contributed by atoms with Crippen molar-refractivity contribution in [1.82, 2.24) is 4.57 Å². The first-order valence-electron chi connectivity index (χ1n) is 11.0. The molecule has 0 unspecified atom stereocenters. The van der Waals surface area contributed by atoms with Gasteiger partial charge in [-0.2, -0.15) is 0 Å². The number of aromatic nitrogens is 1. The Morgan fingerprint density at radius 3 is 2.54 bits per heavy atom. The molecule has 2 heterocycles. The van der Waals surface area contributed by atoms with Crippen LogP contribution in [0.5, 0.6) is 11.5 Å². The summed E-state index contributed by atoms with van der Waals surface area (Å²) in [6.07, 6.45) is 3.77. The third kappa shape index (κ3) is 4.78. The van der Waals surface area contributed by atoms with Crippen molar-refractivity contribution < 1.29 is 19.0 Å². The molecule has 0 amide bonds. The van der Waals surface area contributed by atoms with Crippen LogP contribution in [-0.4, -0.2) is 37.6 Å². The van der Waals surface area contributed by atoms with Crippen molar-refractivity contribution in [2.75, 3.05) is 27.1 Å². The number of carbonyl (C=O) groups is 1. The minimum absolute atomic E-state index is 0.230. The number of nitrogens with zero attached hydrogens (tertiary/aromatic N) is 2. The standard InChI is InChI=1S/C26H26N2O5S2/c1-6-33-25(30)22-15(2)27-26-28(23(22)16-7-10-19(34-5)11-8-16)24(29)21(35-26)14-17-13-18(31-3)9-12-20(17)32-4/h7-14,23H,6H2,1-5H3/t23-/m0/s1. The van der Waals surface area contributed by atoms with Crippen molar-refractivity contribution >= 4 is 35.1 Å². The molecule has 0 bridgehead atoms. The summed E-state index contributed by atoms with van der Waals surface area (Å²) in [4.78, 5) is 33.0. The van der Waals surface area contributed by atoms with Crippen LogP contribution in [0.15, 0.2) is 68.4 Å². The van der Waals surface area contributed by atoms with Crippen LogP contribution in [0.25, 0.3) is 6.08 Å². The summed E-state index contributed by atoms with van der Waals surface area (Å²) >= 11 is 2.89.